The van der Waals surface area contributed by atoms with Crippen LogP contribution >= 0.6 is 34.2 Å². The van der Waals surface area contributed by atoms with Gasteiger partial charge in [-0.15, -0.1) is 11.3 Å². The topological polar surface area (TPSA) is 24.9 Å². The molecule has 0 unspecified atom stereocenters. The number of nitrogens with one attached hydrogen (secondary N) is 1. The quantitative estimate of drug-likeness (QED) is 0.643. The van der Waals surface area contributed by atoms with Crippen LogP contribution in [0.25, 0.3) is 10.2 Å². The van der Waals surface area contributed by atoms with E-state index in [1.54, 1.807) is 11.3 Å². The second-order valence-corrected chi connectivity index (χ2v) is 4.28. The molecule has 0 bridgehead atoms. The first-order valence-electron chi connectivity index (χ1n) is 3.53. The van der Waals surface area contributed by atoms with Crippen LogP contribution in [0.15, 0.2) is 18.2 Å². The van der Waals surface area contributed by atoms with Crippen molar-refractivity contribution in [2.75, 3.05) is 3.53 Å². The van der Waals surface area contributed by atoms with Gasteiger partial charge in [0, 0.05) is 5.69 Å². The summed E-state index contributed by atoms with van der Waals surface area (Å²) in [6.07, 6.45) is 0. The Morgan fingerprint density at radius 3 is 3.08 bits per heavy atom. The van der Waals surface area contributed by atoms with E-state index < -0.39 is 0 Å². The van der Waals surface area contributed by atoms with Crippen molar-refractivity contribution in [2.24, 2.45) is 0 Å². The van der Waals surface area contributed by atoms with Gasteiger partial charge in [-0.3, -0.25) is 0 Å². The molecule has 4 heteroatoms. The molecule has 12 heavy (non-hydrogen) atoms. The number of benzene rings is 1. The largest absolute Gasteiger partial charge is 0.328 e. The Balaban J connectivity index is 2.66. The van der Waals surface area contributed by atoms with Gasteiger partial charge in [-0.2, -0.15) is 0 Å². The van der Waals surface area contributed by atoms with E-state index in [0.29, 0.717) is 0 Å². The van der Waals surface area contributed by atoms with Crippen molar-refractivity contribution in [3.05, 3.63) is 23.2 Å². The van der Waals surface area contributed by atoms with Crippen molar-refractivity contribution in [2.45, 2.75) is 6.92 Å². The first kappa shape index (κ1) is 8.25. The molecule has 62 valence electrons. The van der Waals surface area contributed by atoms with Crippen molar-refractivity contribution >= 4 is 50.1 Å². The predicted octanol–water partition coefficient (Wildman–Crippen LogP) is 3.37. The number of hydrogen-bond acceptors (Lipinski definition) is 3. The highest BCUT2D eigenvalue weighted by Crippen LogP contribution is 2.24. The summed E-state index contributed by atoms with van der Waals surface area (Å²) in [5.74, 6) is 0. The Hall–Kier alpha value is -0.360. The minimum atomic E-state index is 1.08. The van der Waals surface area contributed by atoms with E-state index in [1.165, 1.54) is 4.70 Å². The number of aromatic nitrogens is 1. The van der Waals surface area contributed by atoms with Crippen molar-refractivity contribution in [1.29, 1.82) is 0 Å². The summed E-state index contributed by atoms with van der Waals surface area (Å²) in [6, 6.07) is 6.22. The van der Waals surface area contributed by atoms with Gasteiger partial charge in [-0.05, 0) is 25.1 Å². The first-order chi connectivity index (χ1) is 5.79. The van der Waals surface area contributed by atoms with Crippen molar-refractivity contribution < 1.29 is 0 Å². The van der Waals surface area contributed by atoms with Gasteiger partial charge < -0.3 is 3.53 Å². The molecule has 1 heterocycles. The van der Waals surface area contributed by atoms with E-state index in [-0.39, 0.29) is 0 Å². The maximum absolute atomic E-state index is 4.40. The number of rotatable bonds is 1. The third kappa shape index (κ3) is 1.40. The number of fused-ring (bicyclic) bond motifs is 1. The standard InChI is InChI=1S/C8H7IN2S/c1-5-10-7-4-6(11-9)2-3-8(7)12-5/h2-4,11H,1H3. The summed E-state index contributed by atoms with van der Waals surface area (Å²) in [7, 11) is 0. The molecule has 0 amide bonds. The molecule has 0 aliphatic carbocycles. The highest BCUT2D eigenvalue weighted by molar-refractivity contribution is 14.1. The van der Waals surface area contributed by atoms with E-state index in [9.17, 15) is 0 Å². The fraction of sp³-hybridized carbons (Fsp3) is 0.125. The number of hydrogen-bond donors (Lipinski definition) is 1. The van der Waals surface area contributed by atoms with Gasteiger partial charge in [0.05, 0.1) is 38.1 Å². The minimum Gasteiger partial charge on any atom is -0.328 e. The predicted molar refractivity (Wildman–Crippen MR) is 62.0 cm³/mol. The van der Waals surface area contributed by atoms with Crippen LogP contribution in [0.2, 0.25) is 0 Å². The van der Waals surface area contributed by atoms with Gasteiger partial charge in [0.15, 0.2) is 0 Å². The normalized spacial score (nSPS) is 10.5. The van der Waals surface area contributed by atoms with Gasteiger partial charge in [0.2, 0.25) is 0 Å². The lowest BCUT2D eigenvalue weighted by Crippen LogP contribution is -1.77. The zero-order chi connectivity index (χ0) is 8.55. The smallest absolute Gasteiger partial charge is 0.0907 e. The molecule has 0 saturated carbocycles. The van der Waals surface area contributed by atoms with Crippen LogP contribution in [0, 0.1) is 6.92 Å². The number of anilines is 1. The van der Waals surface area contributed by atoms with E-state index in [4.69, 9.17) is 0 Å². The summed E-state index contributed by atoms with van der Waals surface area (Å²) in [4.78, 5) is 4.40. The zero-order valence-corrected chi connectivity index (χ0v) is 9.44. The molecular formula is C8H7IN2S. The lowest BCUT2D eigenvalue weighted by atomic mass is 10.3. The Kier molecular flexibility index (Phi) is 2.18. The molecule has 1 aromatic heterocycles. The number of aryl methyl sites for hydroxylation is 1. The van der Waals surface area contributed by atoms with Crippen LogP contribution in [-0.2, 0) is 0 Å². The minimum absolute atomic E-state index is 1.08. The summed E-state index contributed by atoms with van der Waals surface area (Å²) >= 11 is 3.85. The van der Waals surface area contributed by atoms with Gasteiger partial charge in [-0.25, -0.2) is 4.98 Å². The zero-order valence-electron chi connectivity index (χ0n) is 6.47. The van der Waals surface area contributed by atoms with Crippen LogP contribution < -0.4 is 3.53 Å². The average molecular weight is 290 g/mol. The van der Waals surface area contributed by atoms with E-state index in [1.807, 2.05) is 6.92 Å². The van der Waals surface area contributed by atoms with Crippen molar-refractivity contribution in [1.82, 2.24) is 4.98 Å². The van der Waals surface area contributed by atoms with E-state index in [0.717, 1.165) is 16.2 Å². The van der Waals surface area contributed by atoms with Gasteiger partial charge in [0.25, 0.3) is 0 Å². The highest BCUT2D eigenvalue weighted by atomic mass is 127. The first-order valence-corrected chi connectivity index (χ1v) is 5.43. The Bertz CT molecular complexity index is 410. The third-order valence-corrected chi connectivity index (χ3v) is 3.18. The van der Waals surface area contributed by atoms with E-state index in [2.05, 4.69) is 49.6 Å². The molecule has 0 aliphatic heterocycles. The summed E-state index contributed by atoms with van der Waals surface area (Å²) in [5, 5.41) is 1.12. The number of nitrogens with zero attached hydrogens (tertiary/aromatic N) is 1. The monoisotopic (exact) mass is 290 g/mol. The molecule has 0 aliphatic rings. The van der Waals surface area contributed by atoms with E-state index >= 15 is 0 Å². The molecular weight excluding hydrogens is 283 g/mol. The molecule has 2 aromatic rings. The third-order valence-electron chi connectivity index (χ3n) is 1.60. The Morgan fingerprint density at radius 2 is 2.33 bits per heavy atom. The van der Waals surface area contributed by atoms with Crippen LogP contribution in [0.1, 0.15) is 5.01 Å². The average Bonchev–Trinajstić information content (AvgIpc) is 2.43. The van der Waals surface area contributed by atoms with Gasteiger partial charge in [-0.1, -0.05) is 0 Å². The molecule has 1 N–H and O–H groups in total. The Morgan fingerprint density at radius 1 is 1.50 bits per heavy atom. The highest BCUT2D eigenvalue weighted by Gasteiger charge is 1.99. The molecule has 0 saturated heterocycles. The second kappa shape index (κ2) is 3.18. The van der Waals surface area contributed by atoms with Gasteiger partial charge in [0.1, 0.15) is 0 Å². The lowest BCUT2D eigenvalue weighted by molar-refractivity contribution is 1.35. The fourth-order valence-electron chi connectivity index (χ4n) is 1.10. The van der Waals surface area contributed by atoms with Crippen molar-refractivity contribution in [3.8, 4) is 0 Å². The lowest BCUT2D eigenvalue weighted by Gasteiger charge is -1.95. The number of thiazole rings is 1. The van der Waals surface area contributed by atoms with Crippen molar-refractivity contribution in [3.63, 3.8) is 0 Å². The molecule has 1 aromatic carbocycles. The van der Waals surface area contributed by atoms with Crippen LogP contribution in [0.4, 0.5) is 5.69 Å². The molecule has 0 radical (unpaired) electrons. The molecule has 2 rings (SSSR count). The fourth-order valence-corrected chi connectivity index (χ4v) is 2.24. The van der Waals surface area contributed by atoms with Crippen LogP contribution in [0.5, 0.6) is 0 Å². The van der Waals surface area contributed by atoms with Gasteiger partial charge >= 0.3 is 0 Å². The summed E-state index contributed by atoms with van der Waals surface area (Å²) in [6.45, 7) is 2.03. The summed E-state index contributed by atoms with van der Waals surface area (Å²) in [5.41, 5.74) is 2.19. The Labute approximate surface area is 88.5 Å². The molecule has 0 spiro atoms. The van der Waals surface area contributed by atoms with Crippen LogP contribution in [-0.4, -0.2) is 4.98 Å². The molecule has 0 fully saturated rings. The molecule has 0 atom stereocenters. The number of halogens is 1. The van der Waals surface area contributed by atoms with Crippen LogP contribution in [0.3, 0.4) is 0 Å². The molecule has 2 nitrogen and oxygen atoms in total. The maximum Gasteiger partial charge on any atom is 0.0907 e. The maximum atomic E-state index is 4.40. The second-order valence-electron chi connectivity index (χ2n) is 2.51. The SMILES string of the molecule is Cc1nc2cc(NI)ccc2s1. The summed E-state index contributed by atoms with van der Waals surface area (Å²) < 4.78 is 4.32.